The predicted octanol–water partition coefficient (Wildman–Crippen LogP) is 3.28. The van der Waals surface area contributed by atoms with E-state index in [1.165, 1.54) is 6.92 Å². The fraction of sp³-hybridized carbons (Fsp3) is 1.00. The van der Waals surface area contributed by atoms with Crippen LogP contribution in [0.25, 0.3) is 0 Å². The Labute approximate surface area is 133 Å². The van der Waals surface area contributed by atoms with Gasteiger partial charge in [-0.15, -0.1) is 0 Å². The second kappa shape index (κ2) is 8.38. The van der Waals surface area contributed by atoms with Crippen LogP contribution >= 0.6 is 39.6 Å². The Kier molecular flexibility index (Phi) is 8.34. The third-order valence-corrected chi connectivity index (χ3v) is 5.66. The lowest BCUT2D eigenvalue weighted by Gasteiger charge is -2.16. The first-order chi connectivity index (χ1) is 9.09. The summed E-state index contributed by atoms with van der Waals surface area (Å²) < 4.78 is 22.0. The average molecular weight is 441 g/mol. The maximum atomic E-state index is 12.2. The first-order valence-electron chi connectivity index (χ1n) is 5.53. The van der Waals surface area contributed by atoms with Gasteiger partial charge in [-0.2, -0.15) is 0 Å². The molecule has 0 aliphatic rings. The maximum Gasteiger partial charge on any atom is 0.510 e. The highest BCUT2D eigenvalue weighted by Crippen LogP contribution is 2.50. The summed E-state index contributed by atoms with van der Waals surface area (Å²) in [7, 11) is -4.10. The van der Waals surface area contributed by atoms with E-state index in [-0.39, 0.29) is 22.9 Å². The van der Waals surface area contributed by atoms with Crippen LogP contribution in [0.3, 0.4) is 0 Å². The van der Waals surface area contributed by atoms with Crippen molar-refractivity contribution < 1.29 is 23.4 Å². The van der Waals surface area contributed by atoms with Gasteiger partial charge in [-0.05, 0) is 11.8 Å². The topological polar surface area (TPSA) is 117 Å². The summed E-state index contributed by atoms with van der Waals surface area (Å²) >= 11 is 6.39. The van der Waals surface area contributed by atoms with Crippen LogP contribution in [0.15, 0.2) is 4.88 Å². The lowest BCUT2D eigenvalue weighted by Crippen LogP contribution is -2.40. The molecule has 2 atom stereocenters. The Bertz CT molecular complexity index is 419. The molecule has 0 radical (unpaired) electrons. The molecular formula is C8H16Br2N3O6P. The third kappa shape index (κ3) is 6.13. The van der Waals surface area contributed by atoms with Crippen molar-refractivity contribution in [3.63, 3.8) is 0 Å². The largest absolute Gasteiger partial charge is 0.594 e. The summed E-state index contributed by atoms with van der Waals surface area (Å²) in [5, 5.41) is 22.9. The van der Waals surface area contributed by atoms with Crippen LogP contribution in [0.2, 0.25) is 0 Å². The van der Waals surface area contributed by atoms with E-state index in [4.69, 9.17) is 9.05 Å². The van der Waals surface area contributed by atoms with Gasteiger partial charge in [-0.3, -0.25) is 19.2 Å². The lowest BCUT2D eigenvalue weighted by molar-refractivity contribution is -0.803. The molecule has 0 aromatic heterocycles. The number of hydrogen-bond acceptors (Lipinski definition) is 6. The highest BCUT2D eigenvalue weighted by atomic mass is 79.9. The molecule has 0 aliphatic carbocycles. The molecule has 0 saturated carbocycles. The molecule has 118 valence electrons. The summed E-state index contributed by atoms with van der Waals surface area (Å²) in [4.78, 5) is 12.7. The molecule has 0 aliphatic heterocycles. The van der Waals surface area contributed by atoms with E-state index in [0.717, 1.165) is 13.8 Å². The molecule has 0 amide bonds. The number of nitrogens with zero attached hydrogens (tertiary/aromatic N) is 3. The lowest BCUT2D eigenvalue weighted by atomic mass is 10.3. The number of alkyl halides is 2. The number of rotatable bonds is 9. The zero-order valence-electron chi connectivity index (χ0n) is 11.2. The van der Waals surface area contributed by atoms with Crippen molar-refractivity contribution >= 4 is 39.6 Å². The van der Waals surface area contributed by atoms with Gasteiger partial charge >= 0.3 is 13.4 Å². The van der Waals surface area contributed by atoms with Crippen LogP contribution in [-0.2, 0) is 13.6 Å². The number of halogens is 2. The summed E-state index contributed by atoms with van der Waals surface area (Å²) in [6, 6.07) is 0. The number of hydrogen-bond donors (Lipinski definition) is 0. The molecule has 2 unspecified atom stereocenters. The first kappa shape index (κ1) is 19.9. The van der Waals surface area contributed by atoms with Gasteiger partial charge in [-0.1, -0.05) is 31.9 Å². The molecule has 0 saturated heterocycles. The van der Waals surface area contributed by atoms with Crippen LogP contribution in [0, 0.1) is 15.3 Å². The van der Waals surface area contributed by atoms with Gasteiger partial charge in [0.1, 0.15) is 0 Å². The van der Waals surface area contributed by atoms with Crippen molar-refractivity contribution in [2.45, 2.75) is 31.3 Å². The van der Waals surface area contributed by atoms with Crippen LogP contribution in [-0.4, -0.2) is 38.8 Å². The van der Waals surface area contributed by atoms with E-state index in [1.807, 2.05) is 0 Å². The quantitative estimate of drug-likeness (QED) is 0.103. The highest BCUT2D eigenvalue weighted by Gasteiger charge is 2.45. The maximum absolute atomic E-state index is 12.2. The molecule has 0 N–H and O–H groups in total. The first-order valence-corrected chi connectivity index (χ1v) is 9.06. The van der Waals surface area contributed by atoms with Gasteiger partial charge in [0.25, 0.3) is 0 Å². The minimum Gasteiger partial charge on any atom is -0.594 e. The molecule has 0 fully saturated rings. The third-order valence-electron chi connectivity index (χ3n) is 1.98. The minimum atomic E-state index is -4.10. The molecule has 9 nitrogen and oxygen atoms in total. The molecule has 0 heterocycles. The zero-order chi connectivity index (χ0) is 16.0. The van der Waals surface area contributed by atoms with Gasteiger partial charge in [0, 0.05) is 10.2 Å². The second-order valence-corrected chi connectivity index (χ2v) is 7.62. The van der Waals surface area contributed by atoms with E-state index >= 15 is 0 Å². The molecule has 20 heavy (non-hydrogen) atoms. The van der Waals surface area contributed by atoms with Crippen LogP contribution < -0.4 is 0 Å². The molecule has 0 aromatic rings. The fourth-order valence-corrected chi connectivity index (χ4v) is 2.56. The Hall–Kier alpha value is -0.0900. The molecule has 0 bridgehead atoms. The minimum absolute atomic E-state index is 0.0191. The van der Waals surface area contributed by atoms with Crippen LogP contribution in [0.5, 0.6) is 0 Å². The van der Waals surface area contributed by atoms with Crippen LogP contribution in [0.4, 0.5) is 0 Å². The van der Waals surface area contributed by atoms with Crippen molar-refractivity contribution in [1.29, 1.82) is 0 Å². The van der Waals surface area contributed by atoms with Gasteiger partial charge in [0.15, 0.2) is 0 Å². The number of hydroxylamine groups is 1. The van der Waals surface area contributed by atoms with Crippen molar-refractivity contribution in [3.8, 4) is 0 Å². The average Bonchev–Trinajstić information content (AvgIpc) is 2.35. The van der Waals surface area contributed by atoms with E-state index < -0.39 is 18.3 Å². The second-order valence-electron chi connectivity index (χ2n) is 4.05. The summed E-state index contributed by atoms with van der Waals surface area (Å²) in [5.74, 6) is 0. The van der Waals surface area contributed by atoms with Gasteiger partial charge < -0.3 is 5.21 Å². The Balaban J connectivity index is 5.17. The highest BCUT2D eigenvalue weighted by molar-refractivity contribution is 9.12. The van der Waals surface area contributed by atoms with Gasteiger partial charge in [-0.25, -0.2) is 4.57 Å². The Morgan fingerprint density at radius 1 is 1.40 bits per heavy atom. The molecular weight excluding hydrogens is 425 g/mol. The van der Waals surface area contributed by atoms with Crippen molar-refractivity contribution in [2.24, 2.45) is 4.88 Å². The van der Waals surface area contributed by atoms with Crippen molar-refractivity contribution in [3.05, 3.63) is 15.3 Å². The standard InChI is InChI=1S/C8H16Br2N3O6P/c1-4-18-20(17,19-6-7(10)5-9)11-12(14)8(2,3)13(15)16/h7H,4-6H2,1-3H3/b12-11-. The summed E-state index contributed by atoms with van der Waals surface area (Å²) in [6.07, 6.45) is 0. The normalized spacial score (nSPS) is 17.6. The molecule has 12 heteroatoms. The predicted molar refractivity (Wildman–Crippen MR) is 78.8 cm³/mol. The SMILES string of the molecule is CCOP(=O)(/N=[N+](\[O-])C(C)(C)[N+](=O)[O-])OCC(Br)CBr. The van der Waals surface area contributed by atoms with Gasteiger partial charge in [0.05, 0.1) is 36.9 Å². The smallest absolute Gasteiger partial charge is 0.510 e. The molecule has 0 aromatic carbocycles. The van der Waals surface area contributed by atoms with Crippen LogP contribution in [0.1, 0.15) is 20.8 Å². The van der Waals surface area contributed by atoms with Gasteiger partial charge in [0.2, 0.25) is 0 Å². The summed E-state index contributed by atoms with van der Waals surface area (Å²) in [5.41, 5.74) is -2.07. The Morgan fingerprint density at radius 3 is 2.35 bits per heavy atom. The van der Waals surface area contributed by atoms with E-state index in [1.54, 1.807) is 0 Å². The monoisotopic (exact) mass is 439 g/mol. The molecule has 0 spiro atoms. The zero-order valence-corrected chi connectivity index (χ0v) is 15.3. The Morgan fingerprint density at radius 2 is 1.95 bits per heavy atom. The number of nitro groups is 1. The van der Waals surface area contributed by atoms with Crippen molar-refractivity contribution in [1.82, 2.24) is 0 Å². The van der Waals surface area contributed by atoms with E-state index in [2.05, 4.69) is 36.7 Å². The van der Waals surface area contributed by atoms with E-state index in [0.29, 0.717) is 5.33 Å². The van der Waals surface area contributed by atoms with E-state index in [9.17, 15) is 19.9 Å². The van der Waals surface area contributed by atoms with Crippen molar-refractivity contribution in [2.75, 3.05) is 18.5 Å². The summed E-state index contributed by atoms with van der Waals surface area (Å²) in [6.45, 7) is 3.54. The fourth-order valence-electron chi connectivity index (χ4n) is 0.750. The molecule has 0 rings (SSSR count).